The van der Waals surface area contributed by atoms with Crippen LogP contribution >= 0.6 is 0 Å². The summed E-state index contributed by atoms with van der Waals surface area (Å²) in [4.78, 5) is 21.1. The van der Waals surface area contributed by atoms with E-state index >= 15 is 0 Å². The van der Waals surface area contributed by atoms with Crippen LogP contribution in [0.4, 0.5) is 10.1 Å². The fourth-order valence-electron chi connectivity index (χ4n) is 1.88. The largest absolute Gasteiger partial charge is 0.497 e. The van der Waals surface area contributed by atoms with E-state index in [1.54, 1.807) is 0 Å². The number of nitrogens with zero attached hydrogens (tertiary/aromatic N) is 1. The van der Waals surface area contributed by atoms with Crippen molar-refractivity contribution in [2.75, 3.05) is 7.11 Å². The third kappa shape index (κ3) is 2.81. The van der Waals surface area contributed by atoms with Gasteiger partial charge in [-0.25, -0.2) is 9.18 Å². The SMILES string of the molecule is COc1ccc(F)c(-c2ccc(C(=O)O)c([N+](=O)[O-])c2)c1. The summed E-state index contributed by atoms with van der Waals surface area (Å²) in [5.74, 6) is -1.62. The highest BCUT2D eigenvalue weighted by molar-refractivity contribution is 5.93. The maximum Gasteiger partial charge on any atom is 0.342 e. The molecule has 0 saturated heterocycles. The van der Waals surface area contributed by atoms with Crippen LogP contribution in [0, 0.1) is 15.9 Å². The predicted molar refractivity (Wildman–Crippen MR) is 72.0 cm³/mol. The van der Waals surface area contributed by atoms with Gasteiger partial charge in [-0.1, -0.05) is 6.07 Å². The molecule has 0 bridgehead atoms. The van der Waals surface area contributed by atoms with Crippen LogP contribution in [0.25, 0.3) is 11.1 Å². The Bertz CT molecular complexity index is 729. The third-order valence-corrected chi connectivity index (χ3v) is 2.91. The molecule has 0 amide bonds. The monoisotopic (exact) mass is 291 g/mol. The summed E-state index contributed by atoms with van der Waals surface area (Å²) in [5.41, 5.74) is -0.758. The van der Waals surface area contributed by atoms with E-state index in [-0.39, 0.29) is 11.1 Å². The van der Waals surface area contributed by atoms with E-state index < -0.39 is 28.0 Å². The Morgan fingerprint density at radius 2 is 2.00 bits per heavy atom. The summed E-state index contributed by atoms with van der Waals surface area (Å²) in [6.07, 6.45) is 0. The molecule has 0 saturated carbocycles. The van der Waals surface area contributed by atoms with Crippen molar-refractivity contribution < 1.29 is 24.0 Å². The van der Waals surface area contributed by atoms with Crippen molar-refractivity contribution in [1.82, 2.24) is 0 Å². The van der Waals surface area contributed by atoms with E-state index in [1.165, 1.54) is 31.4 Å². The zero-order chi connectivity index (χ0) is 15.6. The molecule has 2 aromatic rings. The van der Waals surface area contributed by atoms with Gasteiger partial charge in [0.2, 0.25) is 0 Å². The normalized spacial score (nSPS) is 10.2. The van der Waals surface area contributed by atoms with Gasteiger partial charge in [-0.05, 0) is 29.8 Å². The van der Waals surface area contributed by atoms with Crippen LogP contribution in [0.2, 0.25) is 0 Å². The number of nitro groups is 1. The summed E-state index contributed by atoms with van der Waals surface area (Å²) in [6, 6.07) is 7.39. The van der Waals surface area contributed by atoms with Crippen LogP contribution in [0.3, 0.4) is 0 Å². The summed E-state index contributed by atoms with van der Waals surface area (Å²) in [5, 5.41) is 19.9. The second kappa shape index (κ2) is 5.58. The van der Waals surface area contributed by atoms with Crippen molar-refractivity contribution in [2.24, 2.45) is 0 Å². The Kier molecular flexibility index (Phi) is 3.84. The quantitative estimate of drug-likeness (QED) is 0.690. The second-order valence-electron chi connectivity index (χ2n) is 4.14. The number of hydrogen-bond acceptors (Lipinski definition) is 4. The first kappa shape index (κ1) is 14.4. The van der Waals surface area contributed by atoms with Gasteiger partial charge in [0.05, 0.1) is 12.0 Å². The number of benzene rings is 2. The fourth-order valence-corrected chi connectivity index (χ4v) is 1.88. The lowest BCUT2D eigenvalue weighted by Crippen LogP contribution is -2.02. The number of halogens is 1. The smallest absolute Gasteiger partial charge is 0.342 e. The van der Waals surface area contributed by atoms with Gasteiger partial charge in [0.15, 0.2) is 0 Å². The molecule has 6 nitrogen and oxygen atoms in total. The Morgan fingerprint density at radius 3 is 2.57 bits per heavy atom. The van der Waals surface area contributed by atoms with E-state index in [0.29, 0.717) is 5.75 Å². The molecule has 2 rings (SSSR count). The van der Waals surface area contributed by atoms with Crippen molar-refractivity contribution >= 4 is 11.7 Å². The molecule has 0 aliphatic rings. The first-order valence-electron chi connectivity index (χ1n) is 5.79. The molecule has 0 heterocycles. The second-order valence-corrected chi connectivity index (χ2v) is 4.14. The molecule has 7 heteroatoms. The lowest BCUT2D eigenvalue weighted by Gasteiger charge is -2.07. The van der Waals surface area contributed by atoms with Gasteiger partial charge in [0.25, 0.3) is 5.69 Å². The Hall–Kier alpha value is -2.96. The molecule has 1 N–H and O–H groups in total. The van der Waals surface area contributed by atoms with Crippen molar-refractivity contribution in [3.05, 3.63) is 57.9 Å². The molecular formula is C14H10FNO5. The van der Waals surface area contributed by atoms with Crippen molar-refractivity contribution in [2.45, 2.75) is 0 Å². The summed E-state index contributed by atoms with van der Waals surface area (Å²) < 4.78 is 18.8. The van der Waals surface area contributed by atoms with Crippen molar-refractivity contribution in [3.63, 3.8) is 0 Å². The lowest BCUT2D eigenvalue weighted by molar-refractivity contribution is -0.385. The van der Waals surface area contributed by atoms with Crippen LogP contribution in [-0.4, -0.2) is 23.1 Å². The summed E-state index contributed by atoms with van der Waals surface area (Å²) >= 11 is 0. The van der Waals surface area contributed by atoms with Crippen LogP contribution < -0.4 is 4.74 Å². The van der Waals surface area contributed by atoms with E-state index in [0.717, 1.165) is 12.1 Å². The van der Waals surface area contributed by atoms with Gasteiger partial charge in [0, 0.05) is 11.6 Å². The maximum atomic E-state index is 13.8. The minimum atomic E-state index is -1.42. The number of rotatable bonds is 4. The maximum absolute atomic E-state index is 13.8. The fraction of sp³-hybridized carbons (Fsp3) is 0.0714. The number of ether oxygens (including phenoxy) is 1. The molecular weight excluding hydrogens is 281 g/mol. The van der Waals surface area contributed by atoms with Gasteiger partial charge >= 0.3 is 5.97 Å². The number of carboxylic acid groups (broad SMARTS) is 1. The average Bonchev–Trinajstić information content (AvgIpc) is 2.47. The van der Waals surface area contributed by atoms with Gasteiger partial charge in [-0.15, -0.1) is 0 Å². The minimum Gasteiger partial charge on any atom is -0.497 e. The number of nitro benzene ring substituents is 1. The molecule has 108 valence electrons. The van der Waals surface area contributed by atoms with Crippen LogP contribution in [-0.2, 0) is 0 Å². The first-order chi connectivity index (χ1) is 9.93. The van der Waals surface area contributed by atoms with Gasteiger partial charge in [-0.2, -0.15) is 0 Å². The number of carboxylic acids is 1. The molecule has 0 atom stereocenters. The van der Waals surface area contributed by atoms with Gasteiger partial charge in [0.1, 0.15) is 17.1 Å². The molecule has 2 aromatic carbocycles. The highest BCUT2D eigenvalue weighted by Crippen LogP contribution is 2.31. The van der Waals surface area contributed by atoms with E-state index in [2.05, 4.69) is 0 Å². The minimum absolute atomic E-state index is 0.0920. The summed E-state index contributed by atoms with van der Waals surface area (Å²) in [7, 11) is 1.41. The first-order valence-corrected chi connectivity index (χ1v) is 5.79. The van der Waals surface area contributed by atoms with Crippen LogP contribution in [0.5, 0.6) is 5.75 Å². The van der Waals surface area contributed by atoms with Gasteiger partial charge in [-0.3, -0.25) is 10.1 Å². The Labute approximate surface area is 118 Å². The standard InChI is InChI=1S/C14H10FNO5/c1-21-9-3-5-12(15)11(7-9)8-2-4-10(14(17)18)13(6-8)16(19)20/h2-7H,1H3,(H,17,18). The predicted octanol–water partition coefficient (Wildman–Crippen LogP) is 3.11. The van der Waals surface area contributed by atoms with E-state index in [9.17, 15) is 19.3 Å². The van der Waals surface area contributed by atoms with Crippen LogP contribution in [0.15, 0.2) is 36.4 Å². The molecule has 0 aliphatic heterocycles. The average molecular weight is 291 g/mol. The highest BCUT2D eigenvalue weighted by atomic mass is 19.1. The van der Waals surface area contributed by atoms with Gasteiger partial charge < -0.3 is 9.84 Å². The van der Waals surface area contributed by atoms with E-state index in [1.807, 2.05) is 0 Å². The number of methoxy groups -OCH3 is 1. The van der Waals surface area contributed by atoms with Crippen LogP contribution in [0.1, 0.15) is 10.4 Å². The molecule has 0 unspecified atom stereocenters. The number of aromatic carboxylic acids is 1. The number of hydrogen-bond donors (Lipinski definition) is 1. The zero-order valence-corrected chi connectivity index (χ0v) is 10.9. The highest BCUT2D eigenvalue weighted by Gasteiger charge is 2.21. The lowest BCUT2D eigenvalue weighted by atomic mass is 10.0. The van der Waals surface area contributed by atoms with E-state index in [4.69, 9.17) is 9.84 Å². The van der Waals surface area contributed by atoms with Crippen molar-refractivity contribution in [1.29, 1.82) is 0 Å². The van der Waals surface area contributed by atoms with Crippen molar-refractivity contribution in [3.8, 4) is 16.9 Å². The zero-order valence-electron chi connectivity index (χ0n) is 10.9. The Morgan fingerprint density at radius 1 is 1.29 bits per heavy atom. The molecule has 0 aliphatic carbocycles. The number of carbonyl (C=O) groups is 1. The Balaban J connectivity index is 2.63. The molecule has 0 fully saturated rings. The summed E-state index contributed by atoms with van der Waals surface area (Å²) in [6.45, 7) is 0. The molecule has 0 radical (unpaired) electrons. The molecule has 0 aromatic heterocycles. The topological polar surface area (TPSA) is 89.7 Å². The molecule has 0 spiro atoms. The third-order valence-electron chi connectivity index (χ3n) is 2.91. The molecule has 21 heavy (non-hydrogen) atoms.